The molecule has 0 aliphatic carbocycles. The molecule has 0 bridgehead atoms. The van der Waals surface area contributed by atoms with Crippen molar-refractivity contribution in [2.24, 2.45) is 5.92 Å². The highest BCUT2D eigenvalue weighted by atomic mass is 16.5. The van der Waals surface area contributed by atoms with Gasteiger partial charge in [0.1, 0.15) is 12.4 Å². The fourth-order valence-corrected chi connectivity index (χ4v) is 4.41. The van der Waals surface area contributed by atoms with Crippen molar-refractivity contribution in [3.8, 4) is 11.5 Å². The first-order valence-electron chi connectivity index (χ1n) is 11.6. The van der Waals surface area contributed by atoms with Gasteiger partial charge in [-0.05, 0) is 44.0 Å². The number of carbonyl (C=O) groups is 1. The first-order chi connectivity index (χ1) is 16.8. The first kappa shape index (κ1) is 24.3. The molecule has 0 unspecified atom stereocenters. The predicted molar refractivity (Wildman–Crippen MR) is 135 cm³/mol. The summed E-state index contributed by atoms with van der Waals surface area (Å²) in [5, 5.41) is 8.22. The summed E-state index contributed by atoms with van der Waals surface area (Å²) in [6, 6.07) is 11.2. The van der Waals surface area contributed by atoms with E-state index in [1.54, 1.807) is 18.3 Å². The molecule has 9 heteroatoms. The Labute approximate surface area is 203 Å². The summed E-state index contributed by atoms with van der Waals surface area (Å²) in [5.74, 6) is 1.28. The number of rotatable bonds is 8. The van der Waals surface area contributed by atoms with Crippen LogP contribution < -0.4 is 20.3 Å². The fourth-order valence-electron chi connectivity index (χ4n) is 4.41. The van der Waals surface area contributed by atoms with Gasteiger partial charge in [-0.3, -0.25) is 9.59 Å². The summed E-state index contributed by atoms with van der Waals surface area (Å²) in [5.41, 5.74) is 1.47. The third-order valence-corrected chi connectivity index (χ3v) is 6.06. The van der Waals surface area contributed by atoms with Crippen LogP contribution in [-0.4, -0.2) is 39.5 Å². The van der Waals surface area contributed by atoms with Crippen LogP contribution in [0.1, 0.15) is 45.6 Å². The second-order valence-corrected chi connectivity index (χ2v) is 9.08. The van der Waals surface area contributed by atoms with Gasteiger partial charge in [-0.2, -0.15) is 5.10 Å². The second-order valence-electron chi connectivity index (χ2n) is 9.08. The highest BCUT2D eigenvalue weighted by Gasteiger charge is 2.26. The molecule has 9 nitrogen and oxygen atoms in total. The summed E-state index contributed by atoms with van der Waals surface area (Å²) in [6.45, 7) is 8.02. The lowest BCUT2D eigenvalue weighted by molar-refractivity contribution is -0.123. The summed E-state index contributed by atoms with van der Waals surface area (Å²) in [7, 11) is 2.98. The fraction of sp³-hybridized carbons (Fsp3) is 0.385. The third-order valence-electron chi connectivity index (χ3n) is 6.06. The van der Waals surface area contributed by atoms with Crippen LogP contribution in [0, 0.1) is 5.92 Å². The van der Waals surface area contributed by atoms with Gasteiger partial charge in [-0.25, -0.2) is 9.67 Å². The Bertz CT molecular complexity index is 1440. The number of fused-ring (bicyclic) bond motifs is 2. The standard InChI is InChI=1S/C26H31N5O4/c1-15(2)23(25-28-18-9-7-8-10-19(18)31(25)16(3)4)29-21(32)14-30-26(33)22-17(13-27-30)11-12-20(34-5)24(22)35-6/h7-13,15-16,23H,14H2,1-6H3,(H,29,32)/t23-/m1/s1. The van der Waals surface area contributed by atoms with Crippen LogP contribution in [-0.2, 0) is 11.3 Å². The van der Waals surface area contributed by atoms with Crippen molar-refractivity contribution < 1.29 is 14.3 Å². The SMILES string of the molecule is COc1ccc2cnn(CC(=O)N[C@@H](c3nc4ccccc4n3C(C)C)C(C)C)c(=O)c2c1OC. The lowest BCUT2D eigenvalue weighted by Gasteiger charge is -2.25. The van der Waals surface area contributed by atoms with Crippen LogP contribution in [0.2, 0.25) is 0 Å². The van der Waals surface area contributed by atoms with Crippen LogP contribution in [0.4, 0.5) is 0 Å². The van der Waals surface area contributed by atoms with E-state index in [1.165, 1.54) is 14.2 Å². The Morgan fingerprint density at radius 2 is 1.80 bits per heavy atom. The largest absolute Gasteiger partial charge is 0.493 e. The second kappa shape index (κ2) is 9.77. The zero-order valence-electron chi connectivity index (χ0n) is 20.9. The molecule has 0 saturated carbocycles. The van der Waals surface area contributed by atoms with E-state index in [4.69, 9.17) is 14.5 Å². The molecule has 0 fully saturated rings. The minimum atomic E-state index is -0.427. The molecule has 184 valence electrons. The van der Waals surface area contributed by atoms with Gasteiger partial charge in [0.2, 0.25) is 5.91 Å². The molecule has 35 heavy (non-hydrogen) atoms. The van der Waals surface area contributed by atoms with E-state index in [9.17, 15) is 9.59 Å². The number of nitrogens with one attached hydrogen (secondary N) is 1. The lowest BCUT2D eigenvalue weighted by atomic mass is 10.0. The number of carbonyl (C=O) groups excluding carboxylic acids is 1. The van der Waals surface area contributed by atoms with E-state index in [-0.39, 0.29) is 30.5 Å². The molecule has 2 aromatic heterocycles. The van der Waals surface area contributed by atoms with Crippen LogP contribution in [0.25, 0.3) is 21.8 Å². The summed E-state index contributed by atoms with van der Waals surface area (Å²) in [4.78, 5) is 31.2. The van der Waals surface area contributed by atoms with Crippen molar-refractivity contribution in [3.05, 3.63) is 58.8 Å². The van der Waals surface area contributed by atoms with Gasteiger partial charge in [0.25, 0.3) is 5.56 Å². The van der Waals surface area contributed by atoms with Crippen molar-refractivity contribution in [1.82, 2.24) is 24.6 Å². The molecule has 1 amide bonds. The van der Waals surface area contributed by atoms with Crippen molar-refractivity contribution in [3.63, 3.8) is 0 Å². The molecule has 0 aliphatic rings. The number of benzene rings is 2. The van der Waals surface area contributed by atoms with Gasteiger partial charge in [0.05, 0.1) is 42.9 Å². The number of aromatic nitrogens is 4. The van der Waals surface area contributed by atoms with E-state index in [0.717, 1.165) is 21.5 Å². The van der Waals surface area contributed by atoms with Gasteiger partial charge in [-0.1, -0.05) is 26.0 Å². The molecular weight excluding hydrogens is 446 g/mol. The van der Waals surface area contributed by atoms with E-state index in [0.29, 0.717) is 22.3 Å². The van der Waals surface area contributed by atoms with Gasteiger partial charge < -0.3 is 19.4 Å². The Kier molecular flexibility index (Phi) is 6.77. The van der Waals surface area contributed by atoms with Gasteiger partial charge in [0, 0.05) is 11.4 Å². The number of hydrogen-bond donors (Lipinski definition) is 1. The Balaban J connectivity index is 1.68. The maximum atomic E-state index is 13.2. The van der Waals surface area contributed by atoms with Crippen LogP contribution in [0.3, 0.4) is 0 Å². The van der Waals surface area contributed by atoms with Crippen LogP contribution in [0.5, 0.6) is 11.5 Å². The first-order valence-corrected chi connectivity index (χ1v) is 11.6. The maximum Gasteiger partial charge on any atom is 0.279 e. The number of para-hydroxylation sites is 2. The molecule has 2 aromatic carbocycles. The molecule has 0 saturated heterocycles. The zero-order chi connectivity index (χ0) is 25.3. The van der Waals surface area contributed by atoms with E-state index in [2.05, 4.69) is 28.8 Å². The molecule has 0 spiro atoms. The lowest BCUT2D eigenvalue weighted by Crippen LogP contribution is -2.38. The highest BCUT2D eigenvalue weighted by molar-refractivity contribution is 5.89. The molecule has 4 rings (SSSR count). The number of hydrogen-bond acceptors (Lipinski definition) is 6. The summed E-state index contributed by atoms with van der Waals surface area (Å²) >= 11 is 0. The Hall–Kier alpha value is -3.88. The highest BCUT2D eigenvalue weighted by Crippen LogP contribution is 2.33. The third kappa shape index (κ3) is 4.45. The van der Waals surface area contributed by atoms with E-state index in [1.807, 2.05) is 38.1 Å². The maximum absolute atomic E-state index is 13.2. The van der Waals surface area contributed by atoms with Crippen molar-refractivity contribution in [1.29, 1.82) is 0 Å². The zero-order valence-corrected chi connectivity index (χ0v) is 20.9. The smallest absolute Gasteiger partial charge is 0.279 e. The molecular formula is C26H31N5O4. The average molecular weight is 478 g/mol. The van der Waals surface area contributed by atoms with Crippen molar-refractivity contribution in [2.45, 2.75) is 46.3 Å². The van der Waals surface area contributed by atoms with Crippen molar-refractivity contribution >= 4 is 27.7 Å². The number of imidazole rings is 1. The van der Waals surface area contributed by atoms with Crippen LogP contribution >= 0.6 is 0 Å². The molecule has 1 N–H and O–H groups in total. The van der Waals surface area contributed by atoms with E-state index < -0.39 is 5.56 Å². The van der Waals surface area contributed by atoms with Crippen LogP contribution in [0.15, 0.2) is 47.4 Å². The van der Waals surface area contributed by atoms with Gasteiger partial charge in [0.15, 0.2) is 11.5 Å². The Morgan fingerprint density at radius 1 is 1.06 bits per heavy atom. The monoisotopic (exact) mass is 477 g/mol. The van der Waals surface area contributed by atoms with Gasteiger partial charge >= 0.3 is 0 Å². The molecule has 0 radical (unpaired) electrons. The molecule has 1 atom stereocenters. The molecule has 4 aromatic rings. The molecule has 2 heterocycles. The minimum absolute atomic E-state index is 0.0684. The van der Waals surface area contributed by atoms with E-state index >= 15 is 0 Å². The quantitative estimate of drug-likeness (QED) is 0.414. The Morgan fingerprint density at radius 3 is 2.46 bits per heavy atom. The topological polar surface area (TPSA) is 100 Å². The summed E-state index contributed by atoms with van der Waals surface area (Å²) in [6.07, 6.45) is 1.55. The van der Waals surface area contributed by atoms with Crippen molar-refractivity contribution in [2.75, 3.05) is 14.2 Å². The van der Waals surface area contributed by atoms with Gasteiger partial charge in [-0.15, -0.1) is 0 Å². The number of methoxy groups -OCH3 is 2. The number of amides is 1. The average Bonchev–Trinajstić information content (AvgIpc) is 3.22. The molecule has 0 aliphatic heterocycles. The number of ether oxygens (including phenoxy) is 2. The predicted octanol–water partition coefficient (Wildman–Crippen LogP) is 3.86. The number of nitrogens with zero attached hydrogens (tertiary/aromatic N) is 4. The summed E-state index contributed by atoms with van der Waals surface area (Å²) < 4.78 is 14.0. The minimum Gasteiger partial charge on any atom is -0.493 e. The normalized spacial score (nSPS) is 12.5.